The molecule has 0 unspecified atom stereocenters. The van der Waals surface area contributed by atoms with Crippen LogP contribution in [0.2, 0.25) is 0 Å². The van der Waals surface area contributed by atoms with E-state index in [0.29, 0.717) is 6.42 Å². The Morgan fingerprint density at radius 1 is 1.06 bits per heavy atom. The highest BCUT2D eigenvalue weighted by atomic mass is 16.2. The highest BCUT2D eigenvalue weighted by Crippen LogP contribution is 2.22. The number of hydrogen-bond donors (Lipinski definition) is 1. The predicted molar refractivity (Wildman–Crippen MR) is 126 cm³/mol. The molecular formula is C26H32N4O2. The molecule has 1 atom stereocenters. The van der Waals surface area contributed by atoms with Crippen molar-refractivity contribution in [2.45, 2.75) is 64.1 Å². The molecule has 1 heterocycles. The van der Waals surface area contributed by atoms with Gasteiger partial charge in [-0.15, -0.1) is 0 Å². The van der Waals surface area contributed by atoms with E-state index in [1.807, 2.05) is 78.0 Å². The highest BCUT2D eigenvalue weighted by Gasteiger charge is 2.29. The van der Waals surface area contributed by atoms with Crippen molar-refractivity contribution in [3.63, 3.8) is 0 Å². The van der Waals surface area contributed by atoms with Gasteiger partial charge in [0.2, 0.25) is 11.8 Å². The van der Waals surface area contributed by atoms with Gasteiger partial charge < -0.3 is 14.8 Å². The van der Waals surface area contributed by atoms with Crippen LogP contribution in [0.5, 0.6) is 0 Å². The van der Waals surface area contributed by atoms with Gasteiger partial charge in [0.1, 0.15) is 18.4 Å². The molecule has 0 bridgehead atoms. The molecule has 0 spiro atoms. The maximum absolute atomic E-state index is 13.5. The van der Waals surface area contributed by atoms with Gasteiger partial charge in [-0.1, -0.05) is 61.7 Å². The lowest BCUT2D eigenvalue weighted by atomic mass is 9.93. The lowest BCUT2D eigenvalue weighted by Crippen LogP contribution is -2.52. The monoisotopic (exact) mass is 432 g/mol. The average Bonchev–Trinajstić information content (AvgIpc) is 3.13. The van der Waals surface area contributed by atoms with E-state index < -0.39 is 6.04 Å². The fourth-order valence-electron chi connectivity index (χ4n) is 4.72. The van der Waals surface area contributed by atoms with Crippen LogP contribution in [-0.4, -0.2) is 45.4 Å². The maximum atomic E-state index is 13.5. The molecule has 168 valence electrons. The van der Waals surface area contributed by atoms with Crippen molar-refractivity contribution in [1.82, 2.24) is 19.8 Å². The first-order valence-corrected chi connectivity index (χ1v) is 11.5. The molecule has 1 aliphatic rings. The highest BCUT2D eigenvalue weighted by molar-refractivity contribution is 5.88. The van der Waals surface area contributed by atoms with Crippen LogP contribution in [0.3, 0.4) is 0 Å². The van der Waals surface area contributed by atoms with Crippen LogP contribution >= 0.6 is 0 Å². The number of carbonyl (C=O) groups is 2. The van der Waals surface area contributed by atoms with Gasteiger partial charge in [0.15, 0.2) is 0 Å². The first-order valence-electron chi connectivity index (χ1n) is 11.5. The van der Waals surface area contributed by atoms with Gasteiger partial charge in [-0.25, -0.2) is 4.98 Å². The minimum atomic E-state index is -0.591. The largest absolute Gasteiger partial charge is 0.342 e. The Hall–Kier alpha value is -3.15. The van der Waals surface area contributed by atoms with E-state index in [2.05, 4.69) is 10.3 Å². The van der Waals surface area contributed by atoms with Gasteiger partial charge in [-0.3, -0.25) is 9.59 Å². The normalized spacial score (nSPS) is 15.4. The Morgan fingerprint density at radius 2 is 1.75 bits per heavy atom. The van der Waals surface area contributed by atoms with Crippen LogP contribution < -0.4 is 5.32 Å². The van der Waals surface area contributed by atoms with Crippen molar-refractivity contribution >= 4 is 22.8 Å². The Bertz CT molecular complexity index is 1070. The van der Waals surface area contributed by atoms with Gasteiger partial charge in [0.25, 0.3) is 0 Å². The number of aryl methyl sites for hydroxylation is 1. The molecule has 6 heteroatoms. The molecule has 1 aliphatic carbocycles. The second-order valence-corrected chi connectivity index (χ2v) is 8.78. The fourth-order valence-corrected chi connectivity index (χ4v) is 4.72. The van der Waals surface area contributed by atoms with Crippen LogP contribution in [0, 0.1) is 6.92 Å². The summed E-state index contributed by atoms with van der Waals surface area (Å²) in [6.07, 6.45) is 6.10. The lowest BCUT2D eigenvalue weighted by molar-refractivity contribution is -0.137. The number of nitrogens with one attached hydrogen (secondary N) is 1. The molecule has 0 aliphatic heterocycles. The van der Waals surface area contributed by atoms with Gasteiger partial charge >= 0.3 is 0 Å². The number of benzene rings is 2. The predicted octanol–water partition coefficient (Wildman–Crippen LogP) is 3.86. The summed E-state index contributed by atoms with van der Waals surface area (Å²) < 4.78 is 1.90. The first-order chi connectivity index (χ1) is 15.5. The van der Waals surface area contributed by atoms with Gasteiger partial charge in [0, 0.05) is 19.5 Å². The summed E-state index contributed by atoms with van der Waals surface area (Å²) in [5.41, 5.74) is 2.82. The van der Waals surface area contributed by atoms with Crippen molar-refractivity contribution in [2.75, 3.05) is 7.05 Å². The number of para-hydroxylation sites is 2. The molecule has 1 saturated carbocycles. The second kappa shape index (κ2) is 9.98. The molecule has 1 N–H and O–H groups in total. The number of amides is 2. The summed E-state index contributed by atoms with van der Waals surface area (Å²) in [5.74, 6) is 0.593. The molecule has 1 aromatic heterocycles. The lowest BCUT2D eigenvalue weighted by Gasteiger charge is -2.34. The topological polar surface area (TPSA) is 67.2 Å². The van der Waals surface area contributed by atoms with E-state index in [4.69, 9.17) is 0 Å². The van der Waals surface area contributed by atoms with Crippen LogP contribution in [0.15, 0.2) is 54.6 Å². The van der Waals surface area contributed by atoms with Gasteiger partial charge in [-0.05, 0) is 37.5 Å². The van der Waals surface area contributed by atoms with Crippen LogP contribution in [0.1, 0.15) is 43.5 Å². The zero-order valence-corrected chi connectivity index (χ0v) is 19.0. The Labute approximate surface area is 189 Å². The number of hydrogen-bond acceptors (Lipinski definition) is 3. The Kier molecular flexibility index (Phi) is 6.88. The summed E-state index contributed by atoms with van der Waals surface area (Å²) in [7, 11) is 1.88. The fraction of sp³-hybridized carbons (Fsp3) is 0.423. The number of nitrogens with zero attached hydrogens (tertiary/aromatic N) is 3. The van der Waals surface area contributed by atoms with Crippen molar-refractivity contribution in [1.29, 1.82) is 0 Å². The van der Waals surface area contributed by atoms with E-state index in [0.717, 1.165) is 48.1 Å². The minimum Gasteiger partial charge on any atom is -0.342 e. The van der Waals surface area contributed by atoms with Crippen LogP contribution in [0.25, 0.3) is 11.0 Å². The summed E-state index contributed by atoms with van der Waals surface area (Å²) in [4.78, 5) is 32.9. The molecule has 1 fully saturated rings. The summed E-state index contributed by atoms with van der Waals surface area (Å²) in [6.45, 7) is 2.04. The number of carbonyl (C=O) groups excluding carboxylic acids is 2. The average molecular weight is 433 g/mol. The van der Waals surface area contributed by atoms with Crippen molar-refractivity contribution in [2.24, 2.45) is 0 Å². The molecule has 2 aromatic carbocycles. The van der Waals surface area contributed by atoms with E-state index in [9.17, 15) is 9.59 Å². The molecule has 6 nitrogen and oxygen atoms in total. The Morgan fingerprint density at radius 3 is 2.50 bits per heavy atom. The van der Waals surface area contributed by atoms with Crippen molar-refractivity contribution in [3.8, 4) is 0 Å². The number of imidazole rings is 1. The van der Waals surface area contributed by atoms with Crippen molar-refractivity contribution in [3.05, 3.63) is 66.0 Å². The zero-order valence-electron chi connectivity index (χ0n) is 19.0. The molecule has 32 heavy (non-hydrogen) atoms. The first kappa shape index (κ1) is 22.1. The van der Waals surface area contributed by atoms with Crippen LogP contribution in [0.4, 0.5) is 0 Å². The molecule has 3 aromatic rings. The number of fused-ring (bicyclic) bond motifs is 1. The third-order valence-corrected chi connectivity index (χ3v) is 6.53. The van der Waals surface area contributed by atoms with Crippen molar-refractivity contribution < 1.29 is 9.59 Å². The third-order valence-electron chi connectivity index (χ3n) is 6.53. The molecule has 0 saturated heterocycles. The summed E-state index contributed by atoms with van der Waals surface area (Å²) in [5, 5.41) is 3.04. The Balaban J connectivity index is 1.51. The smallest absolute Gasteiger partial charge is 0.245 e. The number of rotatable bonds is 7. The van der Waals surface area contributed by atoms with Gasteiger partial charge in [0.05, 0.1) is 11.0 Å². The zero-order chi connectivity index (χ0) is 22.5. The molecule has 4 rings (SSSR count). The number of aromatic nitrogens is 2. The quantitative estimate of drug-likeness (QED) is 0.616. The van der Waals surface area contributed by atoms with Crippen LogP contribution in [-0.2, 0) is 22.6 Å². The standard InChI is InChI=1S/C26H32N4O2/c1-19-27-22-15-9-10-16-24(22)30(19)18-25(31)28-23(17-20-11-5-3-6-12-20)26(32)29(2)21-13-7-4-8-14-21/h3,5-6,9-12,15-16,21,23H,4,7-8,13-14,17-18H2,1-2H3,(H,28,31)/t23-/m0/s1. The van der Waals surface area contributed by atoms with E-state index in [1.54, 1.807) is 0 Å². The number of likely N-dealkylation sites (N-methyl/N-ethyl adjacent to an activating group) is 1. The van der Waals surface area contributed by atoms with E-state index >= 15 is 0 Å². The molecular weight excluding hydrogens is 400 g/mol. The summed E-state index contributed by atoms with van der Waals surface area (Å²) >= 11 is 0. The SMILES string of the molecule is Cc1nc2ccccc2n1CC(=O)N[C@@H](Cc1ccccc1)C(=O)N(C)C1CCCCC1. The van der Waals surface area contributed by atoms with E-state index in [1.165, 1.54) is 6.42 Å². The second-order valence-electron chi connectivity index (χ2n) is 8.78. The van der Waals surface area contributed by atoms with E-state index in [-0.39, 0.29) is 24.4 Å². The maximum Gasteiger partial charge on any atom is 0.245 e. The molecule has 2 amide bonds. The minimum absolute atomic E-state index is 0.0127. The third kappa shape index (κ3) is 5.01. The molecule has 0 radical (unpaired) electrons. The van der Waals surface area contributed by atoms with Gasteiger partial charge in [-0.2, -0.15) is 0 Å². The summed E-state index contributed by atoms with van der Waals surface area (Å²) in [6, 6.07) is 17.3.